The maximum Gasteiger partial charge on any atom is 0.406 e. The molecule has 2 aromatic carbocycles. The van der Waals surface area contributed by atoms with Gasteiger partial charge < -0.3 is 19.7 Å². The molecule has 1 atom stereocenters. The lowest BCUT2D eigenvalue weighted by molar-refractivity contribution is -0.144. The molecular weight excluding hydrogens is 385 g/mol. The number of rotatable bonds is 6. The highest BCUT2D eigenvalue weighted by molar-refractivity contribution is 6.01. The van der Waals surface area contributed by atoms with E-state index in [-0.39, 0.29) is 12.2 Å². The first-order valence-electron chi connectivity index (χ1n) is 8.90. The summed E-state index contributed by atoms with van der Waals surface area (Å²) in [4.78, 5) is 13.6. The van der Waals surface area contributed by atoms with Crippen LogP contribution < -0.4 is 14.8 Å². The molecule has 1 heterocycles. The van der Waals surface area contributed by atoms with Crippen LogP contribution in [0.2, 0.25) is 0 Å². The molecule has 0 spiro atoms. The van der Waals surface area contributed by atoms with Crippen molar-refractivity contribution in [3.63, 3.8) is 0 Å². The van der Waals surface area contributed by atoms with Crippen molar-refractivity contribution in [3.8, 4) is 23.8 Å². The van der Waals surface area contributed by atoms with Crippen LogP contribution in [0.25, 0.3) is 0 Å². The van der Waals surface area contributed by atoms with Crippen molar-refractivity contribution in [2.75, 3.05) is 25.1 Å². The van der Waals surface area contributed by atoms with Crippen molar-refractivity contribution < 1.29 is 27.4 Å². The van der Waals surface area contributed by atoms with E-state index in [0.29, 0.717) is 29.4 Å². The number of fused-ring (bicyclic) bond motifs is 1. The number of halogens is 3. The van der Waals surface area contributed by atoms with Crippen molar-refractivity contribution in [2.24, 2.45) is 0 Å². The van der Waals surface area contributed by atoms with Gasteiger partial charge in [0.05, 0.1) is 12.2 Å². The van der Waals surface area contributed by atoms with Crippen LogP contribution in [0.3, 0.4) is 0 Å². The summed E-state index contributed by atoms with van der Waals surface area (Å²) in [5.41, 5.74) is 1.08. The molecular formula is C21H19F3N2O3. The average Bonchev–Trinajstić information content (AvgIpc) is 2.68. The van der Waals surface area contributed by atoms with Crippen molar-refractivity contribution in [2.45, 2.75) is 19.3 Å². The molecule has 0 saturated heterocycles. The molecule has 29 heavy (non-hydrogen) atoms. The number of anilines is 1. The minimum absolute atomic E-state index is 0.0210. The summed E-state index contributed by atoms with van der Waals surface area (Å²) in [7, 11) is 0. The number of ether oxygens (including phenoxy) is 2. The zero-order valence-corrected chi connectivity index (χ0v) is 15.6. The van der Waals surface area contributed by atoms with Crippen molar-refractivity contribution in [1.29, 1.82) is 0 Å². The van der Waals surface area contributed by atoms with Gasteiger partial charge in [0.1, 0.15) is 19.3 Å². The number of nitrogens with zero attached hydrogens (tertiary/aromatic N) is 1. The minimum atomic E-state index is -4.56. The van der Waals surface area contributed by atoms with Gasteiger partial charge in [-0.2, -0.15) is 13.2 Å². The van der Waals surface area contributed by atoms with Gasteiger partial charge in [0.2, 0.25) is 0 Å². The summed E-state index contributed by atoms with van der Waals surface area (Å²) in [5.74, 6) is 2.35. The highest BCUT2D eigenvalue weighted by Gasteiger charge is 2.40. The number of terminal acetylenes is 1. The topological polar surface area (TPSA) is 50.8 Å². The molecule has 0 unspecified atom stereocenters. The molecule has 0 aliphatic carbocycles. The van der Waals surface area contributed by atoms with E-state index in [1.54, 1.807) is 43.3 Å². The first kappa shape index (κ1) is 20.4. The quantitative estimate of drug-likeness (QED) is 0.733. The smallest absolute Gasteiger partial charge is 0.406 e. The third-order valence-corrected chi connectivity index (χ3v) is 4.27. The van der Waals surface area contributed by atoms with Gasteiger partial charge in [-0.3, -0.25) is 4.79 Å². The number of benzene rings is 2. The van der Waals surface area contributed by atoms with Crippen molar-refractivity contribution in [3.05, 3.63) is 53.6 Å². The summed E-state index contributed by atoms with van der Waals surface area (Å²) in [5, 5.41) is 3.02. The lowest BCUT2D eigenvalue weighted by atomic mass is 10.0. The SMILES string of the molecule is C#CCOc1ccc([C@H]2Nc3ccccc3C(=O)N2CC(F)(F)F)cc1OCC. The molecule has 1 aliphatic rings. The molecule has 8 heteroatoms. The van der Waals surface area contributed by atoms with Crippen LogP contribution >= 0.6 is 0 Å². The molecule has 3 rings (SSSR count). The Morgan fingerprint density at radius 3 is 2.62 bits per heavy atom. The van der Waals surface area contributed by atoms with E-state index in [1.807, 2.05) is 0 Å². The molecule has 2 aromatic rings. The number of para-hydroxylation sites is 1. The van der Waals surface area contributed by atoms with Crippen LogP contribution in [0.5, 0.6) is 11.5 Å². The van der Waals surface area contributed by atoms with Gasteiger partial charge in [0.25, 0.3) is 5.91 Å². The second kappa shape index (κ2) is 8.35. The van der Waals surface area contributed by atoms with Crippen LogP contribution in [0, 0.1) is 12.3 Å². The van der Waals surface area contributed by atoms with E-state index < -0.39 is 24.8 Å². The van der Waals surface area contributed by atoms with Crippen LogP contribution in [0.15, 0.2) is 42.5 Å². The number of carbonyl (C=O) groups is 1. The molecule has 0 bridgehead atoms. The number of amides is 1. The minimum Gasteiger partial charge on any atom is -0.490 e. The van der Waals surface area contributed by atoms with Crippen LogP contribution in [0.4, 0.5) is 18.9 Å². The highest BCUT2D eigenvalue weighted by Crippen LogP contribution is 2.38. The lowest BCUT2D eigenvalue weighted by Gasteiger charge is -2.38. The van der Waals surface area contributed by atoms with Crippen LogP contribution in [0.1, 0.15) is 29.0 Å². The lowest BCUT2D eigenvalue weighted by Crippen LogP contribution is -2.47. The monoisotopic (exact) mass is 404 g/mol. The molecule has 0 saturated carbocycles. The molecule has 1 amide bonds. The predicted molar refractivity (Wildman–Crippen MR) is 102 cm³/mol. The fourth-order valence-electron chi connectivity index (χ4n) is 3.11. The zero-order valence-electron chi connectivity index (χ0n) is 15.6. The average molecular weight is 404 g/mol. The highest BCUT2D eigenvalue weighted by atomic mass is 19.4. The van der Waals surface area contributed by atoms with Gasteiger partial charge in [-0.1, -0.05) is 24.1 Å². The van der Waals surface area contributed by atoms with E-state index in [4.69, 9.17) is 15.9 Å². The predicted octanol–water partition coefficient (Wildman–Crippen LogP) is 4.23. The summed E-state index contributed by atoms with van der Waals surface area (Å²) in [6.07, 6.45) is -0.375. The maximum absolute atomic E-state index is 13.2. The molecule has 0 radical (unpaired) electrons. The van der Waals surface area contributed by atoms with E-state index in [0.717, 1.165) is 4.90 Å². The fraction of sp³-hybridized carbons (Fsp3) is 0.286. The normalized spacial score (nSPS) is 15.9. The third kappa shape index (κ3) is 4.57. The first-order valence-corrected chi connectivity index (χ1v) is 8.90. The number of nitrogens with one attached hydrogen (secondary N) is 1. The second-order valence-corrected chi connectivity index (χ2v) is 6.27. The number of hydrogen-bond acceptors (Lipinski definition) is 4. The summed E-state index contributed by atoms with van der Waals surface area (Å²) >= 11 is 0. The van der Waals surface area contributed by atoms with Gasteiger partial charge in [0, 0.05) is 5.69 Å². The Labute approximate surface area is 166 Å². The van der Waals surface area contributed by atoms with Gasteiger partial charge in [-0.05, 0) is 36.8 Å². The zero-order chi connectivity index (χ0) is 21.0. The van der Waals surface area contributed by atoms with Gasteiger partial charge in [0.15, 0.2) is 11.5 Å². The summed E-state index contributed by atoms with van der Waals surface area (Å²) < 4.78 is 50.6. The Bertz CT molecular complexity index is 937. The van der Waals surface area contributed by atoms with E-state index >= 15 is 0 Å². The Kier molecular flexibility index (Phi) is 5.87. The molecule has 1 N–H and O–H groups in total. The largest absolute Gasteiger partial charge is 0.490 e. The Balaban J connectivity index is 2.03. The number of carbonyl (C=O) groups excluding carboxylic acids is 1. The number of hydrogen-bond donors (Lipinski definition) is 1. The van der Waals surface area contributed by atoms with Crippen molar-refractivity contribution in [1.82, 2.24) is 4.90 Å². The maximum atomic E-state index is 13.2. The standard InChI is InChI=1S/C21H19F3N2O3/c1-3-11-29-17-10-9-14(12-18(17)28-4-2)19-25-16-8-6-5-7-15(16)20(27)26(19)13-21(22,23)24/h1,5-10,12,19,25H,4,11,13H2,2H3/t19-/m0/s1. The van der Waals surface area contributed by atoms with Gasteiger partial charge >= 0.3 is 6.18 Å². The molecule has 1 aliphatic heterocycles. The summed E-state index contributed by atoms with van der Waals surface area (Å²) in [6, 6.07) is 11.2. The van der Waals surface area contributed by atoms with E-state index in [1.165, 1.54) is 6.07 Å². The molecule has 152 valence electrons. The van der Waals surface area contributed by atoms with E-state index in [9.17, 15) is 18.0 Å². The third-order valence-electron chi connectivity index (χ3n) is 4.27. The second-order valence-electron chi connectivity index (χ2n) is 6.27. The molecule has 0 fully saturated rings. The first-order chi connectivity index (χ1) is 13.8. The van der Waals surface area contributed by atoms with Gasteiger partial charge in [-0.15, -0.1) is 6.42 Å². The fourth-order valence-corrected chi connectivity index (χ4v) is 3.11. The van der Waals surface area contributed by atoms with E-state index in [2.05, 4.69) is 11.2 Å². The van der Waals surface area contributed by atoms with Crippen LogP contribution in [-0.4, -0.2) is 36.7 Å². The van der Waals surface area contributed by atoms with Crippen LogP contribution in [-0.2, 0) is 0 Å². The van der Waals surface area contributed by atoms with Gasteiger partial charge in [-0.25, -0.2) is 0 Å². The Morgan fingerprint density at radius 2 is 1.93 bits per heavy atom. The number of alkyl halides is 3. The Morgan fingerprint density at radius 1 is 1.17 bits per heavy atom. The Hall–Kier alpha value is -3.34. The molecule has 5 nitrogen and oxygen atoms in total. The van der Waals surface area contributed by atoms with Crippen molar-refractivity contribution >= 4 is 11.6 Å². The summed E-state index contributed by atoms with van der Waals surface area (Å²) in [6.45, 7) is 0.721. The molecule has 0 aromatic heterocycles.